The standard InChI is InChI=1S/C24H23IN2O6S/c1-4-32-22-14-17(15-26-27-34(29,30)20-11-5-16(2)6-12-20)13-21(25)23(22)33-24(28)18-7-9-19(31-3)10-8-18/h5-15,27H,4H2,1-3H3/b26-15-. The van der Waals surface area contributed by atoms with Gasteiger partial charge < -0.3 is 14.2 Å². The molecular formula is C24H23IN2O6S. The number of carbonyl (C=O) groups excluding carboxylic acids is 1. The number of esters is 1. The van der Waals surface area contributed by atoms with E-state index >= 15 is 0 Å². The number of benzene rings is 3. The van der Waals surface area contributed by atoms with E-state index in [-0.39, 0.29) is 10.6 Å². The molecule has 0 radical (unpaired) electrons. The van der Waals surface area contributed by atoms with Crippen molar-refractivity contribution in [3.63, 3.8) is 0 Å². The summed E-state index contributed by atoms with van der Waals surface area (Å²) in [5, 5.41) is 3.87. The highest BCUT2D eigenvalue weighted by Gasteiger charge is 2.18. The molecule has 0 aromatic heterocycles. The Morgan fingerprint density at radius 1 is 1.09 bits per heavy atom. The molecule has 10 heteroatoms. The molecule has 0 bridgehead atoms. The fourth-order valence-electron chi connectivity index (χ4n) is 2.84. The SMILES string of the molecule is CCOc1cc(/C=N\NS(=O)(=O)c2ccc(C)cc2)cc(I)c1OC(=O)c1ccc(OC)cc1. The first-order valence-corrected chi connectivity index (χ1v) is 12.7. The number of halogens is 1. The average Bonchev–Trinajstić information content (AvgIpc) is 2.81. The Bertz CT molecular complexity index is 1290. The van der Waals surface area contributed by atoms with Crippen LogP contribution in [0.3, 0.4) is 0 Å². The summed E-state index contributed by atoms with van der Waals surface area (Å²) in [6.45, 7) is 4.01. The number of rotatable bonds is 9. The molecule has 0 amide bonds. The third kappa shape index (κ3) is 6.48. The number of carbonyl (C=O) groups is 1. The molecular weight excluding hydrogens is 571 g/mol. The molecule has 0 saturated carbocycles. The van der Waals surface area contributed by atoms with Gasteiger partial charge >= 0.3 is 5.97 Å². The van der Waals surface area contributed by atoms with E-state index in [9.17, 15) is 13.2 Å². The number of aryl methyl sites for hydroxylation is 1. The van der Waals surface area contributed by atoms with Gasteiger partial charge in [0.05, 0.1) is 34.0 Å². The van der Waals surface area contributed by atoms with Gasteiger partial charge in [-0.05, 0) is 90.5 Å². The maximum absolute atomic E-state index is 12.6. The molecule has 0 spiro atoms. The molecule has 1 N–H and O–H groups in total. The van der Waals surface area contributed by atoms with Gasteiger partial charge in [-0.3, -0.25) is 0 Å². The van der Waals surface area contributed by atoms with Crippen molar-refractivity contribution < 1.29 is 27.4 Å². The van der Waals surface area contributed by atoms with Crippen LogP contribution in [0.25, 0.3) is 0 Å². The van der Waals surface area contributed by atoms with Crippen molar-refractivity contribution in [1.29, 1.82) is 0 Å². The first kappa shape index (κ1) is 25.5. The van der Waals surface area contributed by atoms with E-state index in [2.05, 4.69) is 9.93 Å². The smallest absolute Gasteiger partial charge is 0.343 e. The largest absolute Gasteiger partial charge is 0.497 e. The van der Waals surface area contributed by atoms with Crippen LogP contribution in [0.15, 0.2) is 70.7 Å². The topological polar surface area (TPSA) is 103 Å². The van der Waals surface area contributed by atoms with Gasteiger partial charge in [-0.25, -0.2) is 9.63 Å². The molecule has 0 atom stereocenters. The Morgan fingerprint density at radius 2 is 1.76 bits per heavy atom. The highest BCUT2D eigenvalue weighted by atomic mass is 127. The van der Waals surface area contributed by atoms with E-state index in [4.69, 9.17) is 14.2 Å². The van der Waals surface area contributed by atoms with Crippen LogP contribution in [0.4, 0.5) is 0 Å². The first-order chi connectivity index (χ1) is 16.2. The summed E-state index contributed by atoms with van der Waals surface area (Å²) in [5.74, 6) is 0.677. The number of hydrogen-bond donors (Lipinski definition) is 1. The quantitative estimate of drug-likeness (QED) is 0.128. The van der Waals surface area contributed by atoms with Crippen molar-refractivity contribution in [2.45, 2.75) is 18.7 Å². The Kier molecular flexibility index (Phi) is 8.51. The zero-order valence-corrected chi connectivity index (χ0v) is 21.7. The normalized spacial score (nSPS) is 11.3. The Hall–Kier alpha value is -3.12. The van der Waals surface area contributed by atoms with Crippen molar-refractivity contribution in [3.05, 3.63) is 80.9 Å². The fourth-order valence-corrected chi connectivity index (χ4v) is 4.37. The minimum absolute atomic E-state index is 0.112. The number of methoxy groups -OCH3 is 1. The van der Waals surface area contributed by atoms with E-state index in [0.717, 1.165) is 5.56 Å². The summed E-state index contributed by atoms with van der Waals surface area (Å²) in [6, 6.07) is 16.3. The highest BCUT2D eigenvalue weighted by molar-refractivity contribution is 14.1. The second kappa shape index (κ2) is 11.3. The molecule has 178 valence electrons. The van der Waals surface area contributed by atoms with Gasteiger partial charge in [0.25, 0.3) is 10.0 Å². The van der Waals surface area contributed by atoms with Gasteiger partial charge in [-0.15, -0.1) is 0 Å². The van der Waals surface area contributed by atoms with Crippen molar-refractivity contribution in [1.82, 2.24) is 4.83 Å². The number of ether oxygens (including phenoxy) is 3. The highest BCUT2D eigenvalue weighted by Crippen LogP contribution is 2.34. The molecule has 34 heavy (non-hydrogen) atoms. The van der Waals surface area contributed by atoms with Crippen LogP contribution in [0.5, 0.6) is 17.2 Å². The van der Waals surface area contributed by atoms with Gasteiger partial charge in [-0.2, -0.15) is 13.5 Å². The maximum atomic E-state index is 12.6. The van der Waals surface area contributed by atoms with Crippen LogP contribution in [0.1, 0.15) is 28.4 Å². The van der Waals surface area contributed by atoms with E-state index in [1.165, 1.54) is 18.3 Å². The number of sulfonamides is 1. The van der Waals surface area contributed by atoms with E-state index in [1.54, 1.807) is 62.6 Å². The lowest BCUT2D eigenvalue weighted by molar-refractivity contribution is 0.0727. The summed E-state index contributed by atoms with van der Waals surface area (Å²) < 4.78 is 41.8. The van der Waals surface area contributed by atoms with Crippen LogP contribution < -0.4 is 19.0 Å². The van der Waals surface area contributed by atoms with Crippen LogP contribution in [0, 0.1) is 10.5 Å². The third-order valence-electron chi connectivity index (χ3n) is 4.57. The van der Waals surface area contributed by atoms with Crippen molar-refractivity contribution >= 4 is 44.8 Å². The molecule has 3 aromatic rings. The number of nitrogens with one attached hydrogen (secondary N) is 1. The van der Waals surface area contributed by atoms with Crippen LogP contribution in [-0.2, 0) is 10.0 Å². The number of nitrogens with zero attached hydrogens (tertiary/aromatic N) is 1. The summed E-state index contributed by atoms with van der Waals surface area (Å²) in [5.41, 5.74) is 1.87. The fraction of sp³-hybridized carbons (Fsp3) is 0.167. The summed E-state index contributed by atoms with van der Waals surface area (Å²) in [4.78, 5) is 14.9. The predicted molar refractivity (Wildman–Crippen MR) is 137 cm³/mol. The lowest BCUT2D eigenvalue weighted by atomic mass is 10.2. The van der Waals surface area contributed by atoms with Gasteiger partial charge in [0.15, 0.2) is 11.5 Å². The van der Waals surface area contributed by atoms with Crippen LogP contribution >= 0.6 is 22.6 Å². The molecule has 3 rings (SSSR count). The van der Waals surface area contributed by atoms with Gasteiger partial charge in [-0.1, -0.05) is 17.7 Å². The summed E-state index contributed by atoms with van der Waals surface area (Å²) in [7, 11) is -2.25. The summed E-state index contributed by atoms with van der Waals surface area (Å²) in [6.07, 6.45) is 1.35. The molecule has 0 unspecified atom stereocenters. The van der Waals surface area contributed by atoms with Crippen molar-refractivity contribution in [3.8, 4) is 17.2 Å². The number of hydrazone groups is 1. The monoisotopic (exact) mass is 594 g/mol. The van der Waals surface area contributed by atoms with Gasteiger partial charge in [0, 0.05) is 0 Å². The molecule has 3 aromatic carbocycles. The minimum Gasteiger partial charge on any atom is -0.497 e. The molecule has 0 saturated heterocycles. The van der Waals surface area contributed by atoms with Crippen LogP contribution in [-0.4, -0.2) is 34.3 Å². The number of hydrogen-bond acceptors (Lipinski definition) is 7. The van der Waals surface area contributed by atoms with Crippen molar-refractivity contribution in [2.24, 2.45) is 5.10 Å². The summed E-state index contributed by atoms with van der Waals surface area (Å²) >= 11 is 2.02. The Balaban J connectivity index is 1.79. The first-order valence-electron chi connectivity index (χ1n) is 10.2. The maximum Gasteiger partial charge on any atom is 0.343 e. The van der Waals surface area contributed by atoms with Gasteiger partial charge in [0.2, 0.25) is 0 Å². The molecule has 0 fully saturated rings. The average molecular weight is 594 g/mol. The van der Waals surface area contributed by atoms with Crippen molar-refractivity contribution in [2.75, 3.05) is 13.7 Å². The van der Waals surface area contributed by atoms with Crippen LogP contribution in [0.2, 0.25) is 0 Å². The van der Waals surface area contributed by atoms with E-state index < -0.39 is 16.0 Å². The molecule has 0 aliphatic carbocycles. The third-order valence-corrected chi connectivity index (χ3v) is 6.61. The Labute approximate surface area is 212 Å². The lowest BCUT2D eigenvalue weighted by Gasteiger charge is -2.13. The van der Waals surface area contributed by atoms with E-state index in [0.29, 0.717) is 32.8 Å². The Morgan fingerprint density at radius 3 is 2.38 bits per heavy atom. The minimum atomic E-state index is -3.80. The lowest BCUT2D eigenvalue weighted by Crippen LogP contribution is -2.18. The zero-order chi connectivity index (χ0) is 24.7. The molecule has 0 aliphatic heterocycles. The molecule has 8 nitrogen and oxygen atoms in total. The second-order valence-electron chi connectivity index (χ2n) is 7.05. The zero-order valence-electron chi connectivity index (χ0n) is 18.7. The van der Waals surface area contributed by atoms with E-state index in [1.807, 2.05) is 29.5 Å². The molecule has 0 aliphatic rings. The second-order valence-corrected chi connectivity index (χ2v) is 9.87. The predicted octanol–water partition coefficient (Wildman–Crippen LogP) is 4.54. The molecule has 0 heterocycles. The van der Waals surface area contributed by atoms with Gasteiger partial charge in [0.1, 0.15) is 5.75 Å².